The zero-order chi connectivity index (χ0) is 20.7. The van der Waals surface area contributed by atoms with Gasteiger partial charge in [-0.3, -0.25) is 14.9 Å². The third-order valence-corrected chi connectivity index (χ3v) is 4.48. The molecule has 2 aromatic carbocycles. The molecule has 0 aliphatic carbocycles. The van der Waals surface area contributed by atoms with Crippen LogP contribution in [0.3, 0.4) is 0 Å². The van der Waals surface area contributed by atoms with Gasteiger partial charge in [0.25, 0.3) is 5.69 Å². The van der Waals surface area contributed by atoms with Crippen LogP contribution in [-0.2, 0) is 0 Å². The Morgan fingerprint density at radius 2 is 1.97 bits per heavy atom. The van der Waals surface area contributed by atoms with Gasteiger partial charge in [0.05, 0.1) is 16.2 Å². The van der Waals surface area contributed by atoms with Gasteiger partial charge in [-0.15, -0.1) is 0 Å². The summed E-state index contributed by atoms with van der Waals surface area (Å²) in [5.41, 5.74) is 0.882. The number of carbonyl (C=O) groups is 1. The van der Waals surface area contributed by atoms with Crippen LogP contribution in [0.2, 0.25) is 0 Å². The first-order chi connectivity index (χ1) is 13.9. The molecule has 9 heteroatoms. The number of fused-ring (bicyclic) bond motifs is 1. The van der Waals surface area contributed by atoms with Crippen LogP contribution < -0.4 is 0 Å². The molecule has 8 nitrogen and oxygen atoms in total. The number of halogens is 1. The van der Waals surface area contributed by atoms with Gasteiger partial charge < -0.3 is 5.11 Å². The summed E-state index contributed by atoms with van der Waals surface area (Å²) in [4.78, 5) is 27.8. The summed E-state index contributed by atoms with van der Waals surface area (Å²) in [5, 5.41) is 26.1. The van der Waals surface area contributed by atoms with E-state index >= 15 is 0 Å². The molecular weight excluding hydrogens is 379 g/mol. The molecule has 0 amide bonds. The minimum atomic E-state index is -0.652. The van der Waals surface area contributed by atoms with Gasteiger partial charge in [-0.25, -0.2) is 14.1 Å². The van der Waals surface area contributed by atoms with Crippen molar-refractivity contribution in [1.29, 1.82) is 0 Å². The Morgan fingerprint density at radius 3 is 2.72 bits per heavy atom. The number of aryl methyl sites for hydroxylation is 1. The number of nitro benzene ring substituents is 1. The topological polar surface area (TPSA) is 111 Å². The molecule has 144 valence electrons. The molecule has 0 unspecified atom stereocenters. The highest BCUT2D eigenvalue weighted by Crippen LogP contribution is 2.28. The summed E-state index contributed by atoms with van der Waals surface area (Å²) in [6.45, 7) is 1.68. The smallest absolute Gasteiger partial charge is 0.294 e. The van der Waals surface area contributed by atoms with Crippen LogP contribution in [0.5, 0.6) is 5.75 Å². The number of nitrogens with zero attached hydrogens (tertiary/aromatic N) is 4. The average Bonchev–Trinajstić information content (AvgIpc) is 3.05. The van der Waals surface area contributed by atoms with Crippen LogP contribution in [0.15, 0.2) is 54.7 Å². The lowest BCUT2D eigenvalue weighted by molar-refractivity contribution is -0.384. The van der Waals surface area contributed by atoms with E-state index < -0.39 is 16.5 Å². The second-order valence-electron chi connectivity index (χ2n) is 6.33. The average molecular weight is 392 g/mol. The first-order valence-corrected chi connectivity index (χ1v) is 8.49. The molecule has 0 fully saturated rings. The molecule has 0 atom stereocenters. The van der Waals surface area contributed by atoms with E-state index in [0.29, 0.717) is 16.7 Å². The fraction of sp³-hybridized carbons (Fsp3) is 0.0500. The summed E-state index contributed by atoms with van der Waals surface area (Å²) in [7, 11) is 0. The molecule has 29 heavy (non-hydrogen) atoms. The van der Waals surface area contributed by atoms with Gasteiger partial charge in [0.2, 0.25) is 0 Å². The third-order valence-electron chi connectivity index (χ3n) is 4.48. The zero-order valence-corrected chi connectivity index (χ0v) is 15.0. The number of phenols is 1. The lowest BCUT2D eigenvalue weighted by atomic mass is 10.0. The number of aromatic nitrogens is 3. The van der Waals surface area contributed by atoms with Gasteiger partial charge in [-0.1, -0.05) is 12.1 Å². The van der Waals surface area contributed by atoms with Crippen molar-refractivity contribution in [1.82, 2.24) is 14.8 Å². The van der Waals surface area contributed by atoms with E-state index in [4.69, 9.17) is 0 Å². The Morgan fingerprint density at radius 1 is 1.21 bits per heavy atom. The van der Waals surface area contributed by atoms with E-state index in [1.165, 1.54) is 23.0 Å². The van der Waals surface area contributed by atoms with Crippen molar-refractivity contribution in [2.45, 2.75) is 6.92 Å². The maximum absolute atomic E-state index is 13.5. The Labute approximate surface area is 163 Å². The molecule has 2 aromatic heterocycles. The summed E-state index contributed by atoms with van der Waals surface area (Å²) in [6, 6.07) is 10.7. The first kappa shape index (κ1) is 18.2. The quantitative estimate of drug-likeness (QED) is 0.322. The first-order valence-electron chi connectivity index (χ1n) is 8.49. The van der Waals surface area contributed by atoms with Crippen molar-refractivity contribution in [3.8, 4) is 11.4 Å². The number of phenolic OH excluding ortho intramolecular Hbond substituents is 1. The van der Waals surface area contributed by atoms with Gasteiger partial charge in [0.15, 0.2) is 11.4 Å². The molecule has 0 bridgehead atoms. The molecule has 1 N–H and O–H groups in total. The lowest BCUT2D eigenvalue weighted by Gasteiger charge is -2.06. The normalized spacial score (nSPS) is 11.0. The van der Waals surface area contributed by atoms with Gasteiger partial charge in [-0.2, -0.15) is 5.10 Å². The highest BCUT2D eigenvalue weighted by atomic mass is 19.1. The van der Waals surface area contributed by atoms with Crippen molar-refractivity contribution in [3.63, 3.8) is 0 Å². The number of pyridine rings is 1. The van der Waals surface area contributed by atoms with E-state index in [-0.39, 0.29) is 28.3 Å². The highest BCUT2D eigenvalue weighted by Gasteiger charge is 2.21. The van der Waals surface area contributed by atoms with Gasteiger partial charge >= 0.3 is 0 Å². The Balaban J connectivity index is 1.86. The number of aromatic hydroxyl groups is 1. The SMILES string of the molecule is Cc1nn(-c2ccccc2[N+](=O)[O-])c2ncc(C(=O)c3cc(F)ccc3O)cc12. The summed E-state index contributed by atoms with van der Waals surface area (Å²) < 4.78 is 14.8. The van der Waals surface area contributed by atoms with E-state index in [1.54, 1.807) is 25.1 Å². The maximum atomic E-state index is 13.5. The lowest BCUT2D eigenvalue weighted by Crippen LogP contribution is -2.05. The minimum Gasteiger partial charge on any atom is -0.507 e. The van der Waals surface area contributed by atoms with E-state index in [2.05, 4.69) is 10.1 Å². The number of para-hydroxylation sites is 2. The summed E-state index contributed by atoms with van der Waals surface area (Å²) >= 11 is 0. The van der Waals surface area contributed by atoms with Crippen molar-refractivity contribution in [2.24, 2.45) is 0 Å². The fourth-order valence-electron chi connectivity index (χ4n) is 3.08. The Bertz CT molecular complexity index is 1300. The second kappa shape index (κ2) is 6.79. The molecule has 0 spiro atoms. The Kier molecular flexibility index (Phi) is 4.27. The molecule has 4 rings (SSSR count). The number of carbonyl (C=O) groups excluding carboxylic acids is 1. The molecule has 2 heterocycles. The highest BCUT2D eigenvalue weighted by molar-refractivity contribution is 6.11. The van der Waals surface area contributed by atoms with Crippen LogP contribution in [0.25, 0.3) is 16.7 Å². The minimum absolute atomic E-state index is 0.128. The van der Waals surface area contributed by atoms with Crippen LogP contribution in [0, 0.1) is 22.9 Å². The number of nitro groups is 1. The monoisotopic (exact) mass is 392 g/mol. The summed E-state index contributed by atoms with van der Waals surface area (Å²) in [5.74, 6) is -1.60. The third kappa shape index (κ3) is 3.08. The molecule has 4 aromatic rings. The van der Waals surface area contributed by atoms with Crippen LogP contribution >= 0.6 is 0 Å². The number of hydrogen-bond acceptors (Lipinski definition) is 6. The zero-order valence-electron chi connectivity index (χ0n) is 15.0. The maximum Gasteiger partial charge on any atom is 0.294 e. The standard InChI is InChI=1S/C20H13FN4O4/c1-11-14-8-12(19(27)15-9-13(21)6-7-18(15)26)10-22-20(14)24(23-11)16-4-2-3-5-17(16)25(28)29/h2-10,26H,1H3. The Hall–Kier alpha value is -4.14. The number of hydrogen-bond donors (Lipinski definition) is 1. The molecule has 0 radical (unpaired) electrons. The second-order valence-corrected chi connectivity index (χ2v) is 6.33. The van der Waals surface area contributed by atoms with E-state index in [0.717, 1.165) is 18.2 Å². The van der Waals surface area contributed by atoms with Crippen LogP contribution in [0.1, 0.15) is 21.6 Å². The van der Waals surface area contributed by atoms with Gasteiger partial charge in [0, 0.05) is 23.2 Å². The predicted octanol–water partition coefficient (Wildman–Crippen LogP) is 3.71. The molecule has 0 aliphatic rings. The molecule has 0 saturated carbocycles. The molecule has 0 aliphatic heterocycles. The van der Waals surface area contributed by atoms with Gasteiger partial charge in [0.1, 0.15) is 17.3 Å². The van der Waals surface area contributed by atoms with Crippen LogP contribution in [0.4, 0.5) is 10.1 Å². The van der Waals surface area contributed by atoms with Gasteiger partial charge in [-0.05, 0) is 37.3 Å². The number of rotatable bonds is 4. The van der Waals surface area contributed by atoms with E-state index in [9.17, 15) is 24.4 Å². The predicted molar refractivity (Wildman–Crippen MR) is 102 cm³/mol. The fourth-order valence-corrected chi connectivity index (χ4v) is 3.08. The van der Waals surface area contributed by atoms with Crippen molar-refractivity contribution in [2.75, 3.05) is 0 Å². The molecule has 0 saturated heterocycles. The van der Waals surface area contributed by atoms with Crippen molar-refractivity contribution >= 4 is 22.5 Å². The molecular formula is C20H13FN4O4. The largest absolute Gasteiger partial charge is 0.507 e. The van der Waals surface area contributed by atoms with Crippen molar-refractivity contribution in [3.05, 3.63) is 87.5 Å². The summed E-state index contributed by atoms with van der Waals surface area (Å²) in [6.07, 6.45) is 1.27. The van der Waals surface area contributed by atoms with E-state index in [1.807, 2.05) is 0 Å². The van der Waals surface area contributed by atoms with Crippen LogP contribution in [-0.4, -0.2) is 30.6 Å². The van der Waals surface area contributed by atoms with Crippen molar-refractivity contribution < 1.29 is 19.2 Å². The number of ketones is 1. The number of benzene rings is 2.